The fraction of sp³-hybridized carbons (Fsp3) is 0.909. The van der Waals surface area contributed by atoms with Crippen LogP contribution in [0.5, 0.6) is 0 Å². The van der Waals surface area contributed by atoms with Crippen LogP contribution < -0.4 is 0 Å². The van der Waals surface area contributed by atoms with Crippen molar-refractivity contribution in [2.45, 2.75) is 57.5 Å². The largest absolute Gasteiger partial charge is 0.462 e. The number of halogens is 1. The van der Waals surface area contributed by atoms with Gasteiger partial charge in [-0.25, -0.2) is 0 Å². The highest BCUT2D eigenvalue weighted by Crippen LogP contribution is 2.21. The average molecular weight is 263 g/mol. The normalized spacial score (nSPS) is 17.2. The van der Waals surface area contributed by atoms with Crippen LogP contribution in [0, 0.1) is 0 Å². The molecular formula is C11H19BrO2. The molecule has 0 bridgehead atoms. The zero-order valence-electron chi connectivity index (χ0n) is 8.64. The van der Waals surface area contributed by atoms with E-state index >= 15 is 0 Å². The molecular weight excluding hydrogens is 244 g/mol. The lowest BCUT2D eigenvalue weighted by Crippen LogP contribution is -2.14. The molecule has 0 spiro atoms. The van der Waals surface area contributed by atoms with E-state index in [0.29, 0.717) is 6.42 Å². The van der Waals surface area contributed by atoms with Gasteiger partial charge < -0.3 is 4.74 Å². The number of alkyl halides is 1. The first-order valence-electron chi connectivity index (χ1n) is 5.58. The van der Waals surface area contributed by atoms with Gasteiger partial charge in [-0.15, -0.1) is 0 Å². The zero-order chi connectivity index (χ0) is 10.2. The molecule has 0 heterocycles. The third kappa shape index (κ3) is 4.99. The van der Waals surface area contributed by atoms with Crippen LogP contribution in [-0.2, 0) is 9.53 Å². The van der Waals surface area contributed by atoms with E-state index in [9.17, 15) is 4.79 Å². The fourth-order valence-corrected chi connectivity index (χ4v) is 2.19. The van der Waals surface area contributed by atoms with Crippen molar-refractivity contribution in [2.75, 3.05) is 5.33 Å². The molecule has 1 aliphatic carbocycles. The van der Waals surface area contributed by atoms with Gasteiger partial charge in [0.1, 0.15) is 6.10 Å². The molecule has 0 N–H and O–H groups in total. The van der Waals surface area contributed by atoms with E-state index < -0.39 is 0 Å². The van der Waals surface area contributed by atoms with Crippen molar-refractivity contribution in [3.63, 3.8) is 0 Å². The van der Waals surface area contributed by atoms with Gasteiger partial charge in [-0.1, -0.05) is 22.4 Å². The van der Waals surface area contributed by atoms with Gasteiger partial charge in [0, 0.05) is 11.8 Å². The van der Waals surface area contributed by atoms with E-state index in [0.717, 1.165) is 37.4 Å². The fourth-order valence-electron chi connectivity index (χ4n) is 1.79. The Morgan fingerprint density at radius 1 is 1.21 bits per heavy atom. The molecule has 0 aromatic rings. The molecule has 82 valence electrons. The van der Waals surface area contributed by atoms with Crippen LogP contribution in [0.15, 0.2) is 0 Å². The van der Waals surface area contributed by atoms with Gasteiger partial charge >= 0.3 is 5.97 Å². The summed E-state index contributed by atoms with van der Waals surface area (Å²) in [6.45, 7) is 0. The number of unbranched alkanes of at least 4 members (excludes halogenated alkanes) is 2. The Labute approximate surface area is 94.5 Å². The number of hydrogen-bond acceptors (Lipinski definition) is 2. The van der Waals surface area contributed by atoms with Crippen molar-refractivity contribution >= 4 is 21.9 Å². The van der Waals surface area contributed by atoms with E-state index in [4.69, 9.17) is 4.74 Å². The van der Waals surface area contributed by atoms with Crippen LogP contribution >= 0.6 is 15.9 Å². The zero-order valence-corrected chi connectivity index (χ0v) is 10.2. The van der Waals surface area contributed by atoms with E-state index in [1.54, 1.807) is 0 Å². The smallest absolute Gasteiger partial charge is 0.306 e. The maximum absolute atomic E-state index is 11.3. The lowest BCUT2D eigenvalue weighted by atomic mass is 10.2. The average Bonchev–Trinajstić information content (AvgIpc) is 2.65. The molecule has 3 heteroatoms. The molecule has 0 radical (unpaired) electrons. The highest BCUT2D eigenvalue weighted by Gasteiger charge is 2.18. The first-order valence-corrected chi connectivity index (χ1v) is 6.70. The molecule has 0 aromatic heterocycles. The lowest BCUT2D eigenvalue weighted by Gasteiger charge is -2.10. The second-order valence-electron chi connectivity index (χ2n) is 3.90. The second-order valence-corrected chi connectivity index (χ2v) is 4.69. The standard InChI is InChI=1S/C11H19BrO2/c12-9-5-1-2-8-11(13)14-10-6-3-4-7-10/h10H,1-9H2. The Morgan fingerprint density at radius 3 is 2.57 bits per heavy atom. The molecule has 0 amide bonds. The minimum absolute atomic E-state index is 0.00599. The summed E-state index contributed by atoms with van der Waals surface area (Å²) >= 11 is 3.37. The molecule has 0 saturated heterocycles. The molecule has 14 heavy (non-hydrogen) atoms. The maximum atomic E-state index is 11.3. The second kappa shape index (κ2) is 7.27. The van der Waals surface area contributed by atoms with Gasteiger partial charge in [0.05, 0.1) is 0 Å². The molecule has 1 fully saturated rings. The number of hydrogen-bond donors (Lipinski definition) is 0. The van der Waals surface area contributed by atoms with Gasteiger partial charge in [-0.3, -0.25) is 4.79 Å². The van der Waals surface area contributed by atoms with Crippen molar-refractivity contribution in [1.82, 2.24) is 0 Å². The van der Waals surface area contributed by atoms with Crippen LogP contribution in [0.1, 0.15) is 51.4 Å². The summed E-state index contributed by atoms with van der Waals surface area (Å²) < 4.78 is 5.34. The Morgan fingerprint density at radius 2 is 1.93 bits per heavy atom. The van der Waals surface area contributed by atoms with Crippen LogP contribution in [0.2, 0.25) is 0 Å². The molecule has 2 nitrogen and oxygen atoms in total. The van der Waals surface area contributed by atoms with Gasteiger partial charge in [-0.05, 0) is 38.5 Å². The van der Waals surface area contributed by atoms with Crippen LogP contribution in [0.4, 0.5) is 0 Å². The first kappa shape index (κ1) is 12.0. The van der Waals surface area contributed by atoms with E-state index in [1.807, 2.05) is 0 Å². The van der Waals surface area contributed by atoms with Crippen molar-refractivity contribution in [3.8, 4) is 0 Å². The molecule has 1 rings (SSSR count). The first-order chi connectivity index (χ1) is 6.83. The van der Waals surface area contributed by atoms with Crippen LogP contribution in [-0.4, -0.2) is 17.4 Å². The summed E-state index contributed by atoms with van der Waals surface area (Å²) in [4.78, 5) is 11.3. The van der Waals surface area contributed by atoms with Crippen LogP contribution in [0.25, 0.3) is 0 Å². The Bertz CT molecular complexity index is 165. The third-order valence-electron chi connectivity index (χ3n) is 2.61. The SMILES string of the molecule is O=C(CCCCCBr)OC1CCCC1. The number of ether oxygens (including phenoxy) is 1. The topological polar surface area (TPSA) is 26.3 Å². The molecule has 0 atom stereocenters. The predicted octanol–water partition coefficient (Wildman–Crippen LogP) is 3.43. The van der Waals surface area contributed by atoms with Crippen molar-refractivity contribution in [3.05, 3.63) is 0 Å². The maximum Gasteiger partial charge on any atom is 0.306 e. The third-order valence-corrected chi connectivity index (χ3v) is 3.18. The summed E-state index contributed by atoms with van der Waals surface area (Å²) in [5, 5.41) is 1.03. The van der Waals surface area contributed by atoms with Gasteiger partial charge in [0.25, 0.3) is 0 Å². The summed E-state index contributed by atoms with van der Waals surface area (Å²) in [6, 6.07) is 0. The number of carbonyl (C=O) groups is 1. The van der Waals surface area contributed by atoms with E-state index in [-0.39, 0.29) is 12.1 Å². The molecule has 1 aliphatic rings. The van der Waals surface area contributed by atoms with Crippen molar-refractivity contribution in [1.29, 1.82) is 0 Å². The van der Waals surface area contributed by atoms with Gasteiger partial charge in [0.15, 0.2) is 0 Å². The van der Waals surface area contributed by atoms with E-state index in [1.165, 1.54) is 12.8 Å². The van der Waals surface area contributed by atoms with Gasteiger partial charge in [0.2, 0.25) is 0 Å². The number of carbonyl (C=O) groups excluding carboxylic acids is 1. The van der Waals surface area contributed by atoms with Crippen LogP contribution in [0.3, 0.4) is 0 Å². The molecule has 0 aliphatic heterocycles. The Balaban J connectivity index is 1.98. The predicted molar refractivity (Wildman–Crippen MR) is 60.6 cm³/mol. The summed E-state index contributed by atoms with van der Waals surface area (Å²) in [7, 11) is 0. The van der Waals surface area contributed by atoms with Crippen molar-refractivity contribution < 1.29 is 9.53 Å². The Kier molecular flexibility index (Phi) is 6.24. The van der Waals surface area contributed by atoms with Gasteiger partial charge in [-0.2, -0.15) is 0 Å². The Hall–Kier alpha value is -0.0500. The highest BCUT2D eigenvalue weighted by molar-refractivity contribution is 9.09. The van der Waals surface area contributed by atoms with Crippen molar-refractivity contribution in [2.24, 2.45) is 0 Å². The molecule has 1 saturated carbocycles. The van der Waals surface area contributed by atoms with E-state index in [2.05, 4.69) is 15.9 Å². The minimum Gasteiger partial charge on any atom is -0.462 e. The monoisotopic (exact) mass is 262 g/mol. The summed E-state index contributed by atoms with van der Waals surface area (Å²) in [6.07, 6.45) is 8.67. The summed E-state index contributed by atoms with van der Waals surface area (Å²) in [5.41, 5.74) is 0. The molecule has 0 unspecified atom stereocenters. The molecule has 0 aromatic carbocycles. The highest BCUT2D eigenvalue weighted by atomic mass is 79.9. The minimum atomic E-state index is 0.00599. The lowest BCUT2D eigenvalue weighted by molar-refractivity contribution is -0.148. The quantitative estimate of drug-likeness (QED) is 0.417. The number of rotatable bonds is 6. The summed E-state index contributed by atoms with van der Waals surface area (Å²) in [5.74, 6) is 0.00599. The number of esters is 1.